The maximum absolute atomic E-state index is 13.8. The highest BCUT2D eigenvalue weighted by Crippen LogP contribution is 2.32. The van der Waals surface area contributed by atoms with Crippen LogP contribution in [0.3, 0.4) is 0 Å². The summed E-state index contributed by atoms with van der Waals surface area (Å²) in [5, 5.41) is 4.20. The fourth-order valence-corrected chi connectivity index (χ4v) is 4.14. The van der Waals surface area contributed by atoms with Crippen LogP contribution in [0, 0.1) is 5.82 Å². The predicted octanol–water partition coefficient (Wildman–Crippen LogP) is 5.61. The van der Waals surface area contributed by atoms with Crippen molar-refractivity contribution in [1.82, 2.24) is 10.1 Å². The molecule has 1 aliphatic heterocycles. The Morgan fingerprint density at radius 1 is 1.03 bits per heavy atom. The van der Waals surface area contributed by atoms with Crippen LogP contribution < -0.4 is 4.74 Å². The zero-order valence-electron chi connectivity index (χ0n) is 18.7. The summed E-state index contributed by atoms with van der Waals surface area (Å²) in [6, 6.07) is 23.4. The monoisotopic (exact) mass is 454 g/mol. The van der Waals surface area contributed by atoms with Gasteiger partial charge in [-0.1, -0.05) is 47.6 Å². The van der Waals surface area contributed by atoms with Crippen LogP contribution >= 0.6 is 0 Å². The first kappa shape index (κ1) is 21.6. The quantitative estimate of drug-likeness (QED) is 0.290. The van der Waals surface area contributed by atoms with Gasteiger partial charge in [-0.15, -0.1) is 0 Å². The highest BCUT2D eigenvalue weighted by Gasteiger charge is 2.29. The number of amides is 1. The standard InChI is InChI=1S/C28H23FN2O3/c1-33-23-13-7-19(8-14-23)17-24(20-5-3-2-4-6-20)28(32)31-16-15-26-25(18-31)27(34-30-26)21-9-11-22(29)12-10-21/h2-14,17H,15-16,18H2,1H3/b24-17+. The number of halogens is 1. The van der Waals surface area contributed by atoms with Crippen molar-refractivity contribution >= 4 is 17.6 Å². The zero-order valence-corrected chi connectivity index (χ0v) is 18.7. The van der Waals surface area contributed by atoms with Crippen LogP contribution in [0.2, 0.25) is 0 Å². The van der Waals surface area contributed by atoms with Crippen molar-refractivity contribution in [2.75, 3.05) is 13.7 Å². The molecule has 0 spiro atoms. The molecule has 5 rings (SSSR count). The number of methoxy groups -OCH3 is 1. The molecule has 3 aromatic carbocycles. The lowest BCUT2D eigenvalue weighted by Crippen LogP contribution is -2.36. The van der Waals surface area contributed by atoms with Crippen molar-refractivity contribution < 1.29 is 18.4 Å². The van der Waals surface area contributed by atoms with Crippen LogP contribution in [0.1, 0.15) is 22.4 Å². The van der Waals surface area contributed by atoms with Crippen molar-refractivity contribution in [1.29, 1.82) is 0 Å². The summed E-state index contributed by atoms with van der Waals surface area (Å²) in [5.74, 6) is 0.950. The number of hydrogen-bond acceptors (Lipinski definition) is 4. The summed E-state index contributed by atoms with van der Waals surface area (Å²) in [5.41, 5.74) is 4.79. The second-order valence-corrected chi connectivity index (χ2v) is 8.12. The van der Waals surface area contributed by atoms with Gasteiger partial charge in [0.25, 0.3) is 5.91 Å². The smallest absolute Gasteiger partial charge is 0.254 e. The van der Waals surface area contributed by atoms with Gasteiger partial charge in [0.05, 0.1) is 19.3 Å². The summed E-state index contributed by atoms with van der Waals surface area (Å²) >= 11 is 0. The fourth-order valence-electron chi connectivity index (χ4n) is 4.14. The molecule has 0 saturated heterocycles. The van der Waals surface area contributed by atoms with E-state index in [0.29, 0.717) is 30.8 Å². The van der Waals surface area contributed by atoms with Gasteiger partial charge in [-0.3, -0.25) is 4.79 Å². The van der Waals surface area contributed by atoms with Crippen LogP contribution in [0.15, 0.2) is 83.4 Å². The second kappa shape index (κ2) is 9.35. The van der Waals surface area contributed by atoms with E-state index in [4.69, 9.17) is 9.26 Å². The van der Waals surface area contributed by atoms with E-state index in [9.17, 15) is 9.18 Å². The Morgan fingerprint density at radius 2 is 1.76 bits per heavy atom. The third-order valence-electron chi connectivity index (χ3n) is 5.97. The van der Waals surface area contributed by atoms with E-state index in [-0.39, 0.29) is 11.7 Å². The largest absolute Gasteiger partial charge is 0.497 e. The molecule has 2 heterocycles. The van der Waals surface area contributed by atoms with Crippen molar-refractivity contribution in [2.45, 2.75) is 13.0 Å². The van der Waals surface area contributed by atoms with Crippen LogP contribution in [-0.4, -0.2) is 29.6 Å². The predicted molar refractivity (Wildman–Crippen MR) is 128 cm³/mol. The second-order valence-electron chi connectivity index (χ2n) is 8.12. The molecule has 0 unspecified atom stereocenters. The Kier molecular flexibility index (Phi) is 5.95. The van der Waals surface area contributed by atoms with Crippen LogP contribution in [0.25, 0.3) is 23.0 Å². The number of carbonyl (C=O) groups is 1. The SMILES string of the molecule is COc1ccc(/C=C(/C(=O)N2CCc3noc(-c4ccc(F)cc4)c3C2)c2ccccc2)cc1. The third kappa shape index (κ3) is 4.35. The average Bonchev–Trinajstić information content (AvgIpc) is 3.31. The molecule has 0 aliphatic carbocycles. The van der Waals surface area contributed by atoms with Crippen LogP contribution in [0.5, 0.6) is 5.75 Å². The van der Waals surface area contributed by atoms with Gasteiger partial charge >= 0.3 is 0 Å². The fraction of sp³-hybridized carbons (Fsp3) is 0.143. The van der Waals surface area contributed by atoms with Gasteiger partial charge < -0.3 is 14.2 Å². The van der Waals surface area contributed by atoms with Crippen LogP contribution in [0.4, 0.5) is 4.39 Å². The number of nitrogens with zero attached hydrogens (tertiary/aromatic N) is 2. The highest BCUT2D eigenvalue weighted by molar-refractivity contribution is 6.24. The minimum absolute atomic E-state index is 0.0704. The molecule has 4 aromatic rings. The first-order valence-corrected chi connectivity index (χ1v) is 11.1. The van der Waals surface area contributed by atoms with E-state index in [1.807, 2.05) is 65.6 Å². The number of rotatable bonds is 5. The highest BCUT2D eigenvalue weighted by atomic mass is 19.1. The van der Waals surface area contributed by atoms with Gasteiger partial charge in [0, 0.05) is 29.7 Å². The van der Waals surface area contributed by atoms with Gasteiger partial charge in [-0.2, -0.15) is 0 Å². The number of carbonyl (C=O) groups excluding carboxylic acids is 1. The number of fused-ring (bicyclic) bond motifs is 1. The molecule has 1 amide bonds. The summed E-state index contributed by atoms with van der Waals surface area (Å²) in [7, 11) is 1.62. The number of aromatic nitrogens is 1. The number of ether oxygens (including phenoxy) is 1. The summed E-state index contributed by atoms with van der Waals surface area (Å²) < 4.78 is 24.2. The molecule has 34 heavy (non-hydrogen) atoms. The van der Waals surface area contributed by atoms with Gasteiger partial charge in [0.1, 0.15) is 11.6 Å². The topological polar surface area (TPSA) is 55.6 Å². The summed E-state index contributed by atoms with van der Waals surface area (Å²) in [4.78, 5) is 15.6. The summed E-state index contributed by atoms with van der Waals surface area (Å²) in [6.07, 6.45) is 2.50. The molecule has 170 valence electrons. The Hall–Kier alpha value is -4.19. The van der Waals surface area contributed by atoms with E-state index in [1.54, 1.807) is 19.2 Å². The molecule has 6 heteroatoms. The number of hydrogen-bond donors (Lipinski definition) is 0. The lowest BCUT2D eigenvalue weighted by atomic mass is 9.98. The number of benzene rings is 3. The minimum Gasteiger partial charge on any atom is -0.497 e. The molecule has 1 aromatic heterocycles. The zero-order chi connectivity index (χ0) is 23.5. The van der Waals surface area contributed by atoms with Crippen LogP contribution in [-0.2, 0) is 17.8 Å². The Morgan fingerprint density at radius 3 is 2.47 bits per heavy atom. The van der Waals surface area contributed by atoms with E-state index in [1.165, 1.54) is 12.1 Å². The van der Waals surface area contributed by atoms with Gasteiger partial charge in [-0.25, -0.2) is 4.39 Å². The third-order valence-corrected chi connectivity index (χ3v) is 5.97. The molecule has 5 nitrogen and oxygen atoms in total. The maximum Gasteiger partial charge on any atom is 0.254 e. The molecule has 0 N–H and O–H groups in total. The molecule has 0 saturated carbocycles. The first-order chi connectivity index (χ1) is 16.6. The van der Waals surface area contributed by atoms with E-state index < -0.39 is 0 Å². The molecule has 0 bridgehead atoms. The van der Waals surface area contributed by atoms with Gasteiger partial charge in [0.2, 0.25) is 0 Å². The van der Waals surface area contributed by atoms with Crippen molar-refractivity contribution in [2.24, 2.45) is 0 Å². The molecule has 0 radical (unpaired) electrons. The lowest BCUT2D eigenvalue weighted by Gasteiger charge is -2.27. The molecule has 1 aliphatic rings. The van der Waals surface area contributed by atoms with Gasteiger partial charge in [0.15, 0.2) is 5.76 Å². The molecular formula is C28H23FN2O3. The maximum atomic E-state index is 13.8. The van der Waals surface area contributed by atoms with Crippen molar-refractivity contribution in [3.05, 3.63) is 107 Å². The van der Waals surface area contributed by atoms with E-state index in [0.717, 1.165) is 33.7 Å². The Balaban J connectivity index is 1.48. The molecule has 0 fully saturated rings. The van der Waals surface area contributed by atoms with E-state index in [2.05, 4.69) is 5.16 Å². The Labute approximate surface area is 197 Å². The van der Waals surface area contributed by atoms with Crippen molar-refractivity contribution in [3.8, 4) is 17.1 Å². The first-order valence-electron chi connectivity index (χ1n) is 11.1. The van der Waals surface area contributed by atoms with Gasteiger partial charge in [-0.05, 0) is 53.6 Å². The van der Waals surface area contributed by atoms with Crippen molar-refractivity contribution in [3.63, 3.8) is 0 Å². The lowest BCUT2D eigenvalue weighted by molar-refractivity contribution is -0.125. The molecule has 0 atom stereocenters. The minimum atomic E-state index is -0.315. The molecular weight excluding hydrogens is 431 g/mol. The summed E-state index contributed by atoms with van der Waals surface area (Å²) in [6.45, 7) is 0.908. The van der Waals surface area contributed by atoms with E-state index >= 15 is 0 Å². The normalized spacial score (nSPS) is 13.5. The Bertz CT molecular complexity index is 1330. The average molecular weight is 455 g/mol.